The predicted molar refractivity (Wildman–Crippen MR) is 114 cm³/mol. The molecule has 0 aromatic carbocycles. The minimum absolute atomic E-state index is 0.00794. The van der Waals surface area contributed by atoms with Gasteiger partial charge in [0.25, 0.3) is 0 Å². The van der Waals surface area contributed by atoms with Crippen LogP contribution in [0, 0.1) is 17.8 Å². The largest absolute Gasteiger partial charge is 0.329 e. The fraction of sp³-hybridized carbons (Fsp3) is 0.882. The van der Waals surface area contributed by atoms with Crippen molar-refractivity contribution in [1.82, 2.24) is 20.9 Å². The third-order valence-electron chi connectivity index (χ3n) is 4.76. The van der Waals surface area contributed by atoms with Crippen LogP contribution in [0.25, 0.3) is 0 Å². The molecule has 1 rings (SSSR count). The summed E-state index contributed by atoms with van der Waals surface area (Å²) in [7, 11) is 3.57. The summed E-state index contributed by atoms with van der Waals surface area (Å²) >= 11 is 0. The zero-order valence-electron chi connectivity index (χ0n) is 16.2. The summed E-state index contributed by atoms with van der Waals surface area (Å²) < 4.78 is 0. The zero-order valence-corrected chi connectivity index (χ0v) is 18.4. The van der Waals surface area contributed by atoms with E-state index < -0.39 is 0 Å². The van der Waals surface area contributed by atoms with E-state index in [9.17, 15) is 9.59 Å². The number of carbonyl (C=O) groups excluding carboxylic acids is 2. The van der Waals surface area contributed by atoms with Crippen molar-refractivity contribution >= 4 is 29.0 Å². The number of amides is 2. The molecule has 0 aromatic heterocycles. The quantitative estimate of drug-likeness (QED) is 0.172. The van der Waals surface area contributed by atoms with Crippen LogP contribution < -0.4 is 21.7 Å². The number of nitrogens with one attached hydrogen (secondary N) is 3. The van der Waals surface area contributed by atoms with Crippen molar-refractivity contribution in [3.05, 3.63) is 0 Å². The van der Waals surface area contributed by atoms with Gasteiger partial charge in [-0.3, -0.25) is 14.5 Å². The Balaban J connectivity index is 2.20. The molecule has 1 aliphatic heterocycles. The zero-order chi connectivity index (χ0) is 19.4. The second-order valence-corrected chi connectivity index (χ2v) is 9.05. The van der Waals surface area contributed by atoms with Crippen LogP contribution in [0.5, 0.6) is 0 Å². The number of nitrogens with zero attached hydrogens (tertiary/aromatic N) is 1. The highest BCUT2D eigenvalue weighted by atomic mass is 32.0. The van der Waals surface area contributed by atoms with Crippen molar-refractivity contribution < 1.29 is 9.59 Å². The molecule has 26 heavy (non-hydrogen) atoms. The number of rotatable bonds is 15. The summed E-state index contributed by atoms with van der Waals surface area (Å²) in [5.74, 6) is 0.180. The van der Waals surface area contributed by atoms with E-state index in [4.69, 9.17) is 5.73 Å². The second kappa shape index (κ2) is 13.9. The van der Waals surface area contributed by atoms with Gasteiger partial charge in [-0.2, -0.15) is 0 Å². The third-order valence-corrected chi connectivity index (χ3v) is 6.40. The molecule has 5 N–H and O–H groups in total. The van der Waals surface area contributed by atoms with Crippen molar-refractivity contribution in [2.45, 2.75) is 20.3 Å². The maximum atomic E-state index is 12.6. The highest BCUT2D eigenvalue weighted by molar-refractivity contribution is 8.02. The normalized spacial score (nSPS) is 22.1. The van der Waals surface area contributed by atoms with Crippen LogP contribution in [0.15, 0.2) is 0 Å². The molecule has 0 bridgehead atoms. The van der Waals surface area contributed by atoms with Crippen LogP contribution in [0.2, 0.25) is 0 Å². The lowest BCUT2D eigenvalue weighted by molar-refractivity contribution is -0.139. The van der Waals surface area contributed by atoms with Gasteiger partial charge in [-0.05, 0) is 18.5 Å². The molecule has 0 aliphatic carbocycles. The molecule has 1 heterocycles. The smallest absolute Gasteiger partial charge is 0.233 e. The Morgan fingerprint density at radius 1 is 1.08 bits per heavy atom. The first-order valence-corrected chi connectivity index (χ1v) is 12.7. The molecular weight excluding hydrogens is 368 g/mol. The fourth-order valence-corrected chi connectivity index (χ4v) is 4.98. The number of nitrogens with two attached hydrogens (primary N) is 1. The molecule has 1 fully saturated rings. The third kappa shape index (κ3) is 8.24. The van der Waals surface area contributed by atoms with Crippen LogP contribution in [0.4, 0.5) is 0 Å². The Bertz CT molecular complexity index is 428. The number of hydrogen-bond donors (Lipinski definition) is 4. The van der Waals surface area contributed by atoms with E-state index in [1.807, 2.05) is 6.92 Å². The van der Waals surface area contributed by atoms with Crippen LogP contribution >= 0.6 is 17.2 Å². The van der Waals surface area contributed by atoms with E-state index in [0.717, 1.165) is 53.6 Å². The minimum Gasteiger partial charge on any atom is -0.329 e. The van der Waals surface area contributed by atoms with Gasteiger partial charge in [0.05, 0.1) is 5.92 Å². The first-order chi connectivity index (χ1) is 12.5. The molecular formula is C17H37N5O2P2. The van der Waals surface area contributed by atoms with Crippen LogP contribution in [-0.4, -0.2) is 75.2 Å². The lowest BCUT2D eigenvalue weighted by atomic mass is 9.88. The molecule has 2 amide bonds. The summed E-state index contributed by atoms with van der Waals surface area (Å²) in [6, 6.07) is 0. The SMILES string of the molecule is CC(CPP)CC1C(=O)N(CCNCCNCCNCCN)C(=O)C1C. The van der Waals surface area contributed by atoms with Crippen molar-refractivity contribution in [3.63, 3.8) is 0 Å². The van der Waals surface area contributed by atoms with Gasteiger partial charge in [-0.15, -0.1) is 17.2 Å². The molecule has 5 atom stereocenters. The number of likely N-dealkylation sites (tertiary alicyclic amines) is 1. The molecule has 5 unspecified atom stereocenters. The van der Waals surface area contributed by atoms with Gasteiger partial charge in [0.2, 0.25) is 11.8 Å². The molecule has 152 valence electrons. The number of hydrogen-bond acceptors (Lipinski definition) is 6. The Hall–Kier alpha value is -0.160. The van der Waals surface area contributed by atoms with Crippen molar-refractivity contribution in [2.75, 3.05) is 58.5 Å². The Kier molecular flexibility index (Phi) is 12.8. The Morgan fingerprint density at radius 3 is 2.23 bits per heavy atom. The van der Waals surface area contributed by atoms with E-state index in [1.165, 1.54) is 4.90 Å². The van der Waals surface area contributed by atoms with Crippen LogP contribution in [-0.2, 0) is 9.59 Å². The van der Waals surface area contributed by atoms with Crippen molar-refractivity contribution in [3.8, 4) is 0 Å². The molecule has 7 nitrogen and oxygen atoms in total. The molecule has 1 aliphatic rings. The lowest BCUT2D eigenvalue weighted by Crippen LogP contribution is -2.39. The average molecular weight is 405 g/mol. The fourth-order valence-electron chi connectivity index (χ4n) is 3.21. The second-order valence-electron chi connectivity index (χ2n) is 7.01. The van der Waals surface area contributed by atoms with E-state index in [0.29, 0.717) is 25.6 Å². The highest BCUT2D eigenvalue weighted by Crippen LogP contribution is 2.33. The number of imide groups is 1. The molecule has 0 radical (unpaired) electrons. The summed E-state index contributed by atoms with van der Waals surface area (Å²) in [4.78, 5) is 26.5. The summed E-state index contributed by atoms with van der Waals surface area (Å²) in [5.41, 5.74) is 5.40. The number of carbonyl (C=O) groups is 2. The van der Waals surface area contributed by atoms with Gasteiger partial charge < -0.3 is 21.7 Å². The van der Waals surface area contributed by atoms with Gasteiger partial charge in [0.15, 0.2) is 0 Å². The first-order valence-electron chi connectivity index (χ1n) is 9.63. The molecule has 0 aromatic rings. The Morgan fingerprint density at radius 2 is 1.65 bits per heavy atom. The first kappa shape index (κ1) is 23.9. The summed E-state index contributed by atoms with van der Waals surface area (Å²) in [6.07, 6.45) is 1.92. The van der Waals surface area contributed by atoms with E-state index in [1.54, 1.807) is 0 Å². The lowest BCUT2D eigenvalue weighted by Gasteiger charge is -2.17. The molecule has 0 spiro atoms. The Labute approximate surface area is 162 Å². The topological polar surface area (TPSA) is 99.5 Å². The maximum Gasteiger partial charge on any atom is 0.233 e. The van der Waals surface area contributed by atoms with Gasteiger partial charge >= 0.3 is 0 Å². The van der Waals surface area contributed by atoms with Crippen molar-refractivity contribution in [2.24, 2.45) is 23.5 Å². The molecule has 1 saturated heterocycles. The average Bonchev–Trinajstić information content (AvgIpc) is 2.81. The minimum atomic E-state index is -0.180. The van der Waals surface area contributed by atoms with Gasteiger partial charge in [-0.25, -0.2) is 0 Å². The van der Waals surface area contributed by atoms with Crippen molar-refractivity contribution in [1.29, 1.82) is 0 Å². The molecule has 0 saturated carbocycles. The molecule has 9 heteroatoms. The van der Waals surface area contributed by atoms with Gasteiger partial charge in [-0.1, -0.05) is 13.8 Å². The van der Waals surface area contributed by atoms with E-state index >= 15 is 0 Å². The maximum absolute atomic E-state index is 12.6. The standard InChI is InChI=1S/C17H37N5O2P2/c1-13(12-26-25)11-15-14(2)16(23)22(17(15)24)10-9-21-8-7-20-6-5-19-4-3-18/h13-15,19-21,26H,3-12,18,25H2,1-2H3. The van der Waals surface area contributed by atoms with Gasteiger partial charge in [0.1, 0.15) is 0 Å². The van der Waals surface area contributed by atoms with Crippen LogP contribution in [0.3, 0.4) is 0 Å². The van der Waals surface area contributed by atoms with E-state index in [2.05, 4.69) is 31.8 Å². The monoisotopic (exact) mass is 405 g/mol. The highest BCUT2D eigenvalue weighted by Gasteiger charge is 2.44. The predicted octanol–water partition coefficient (Wildman–Crippen LogP) is -0.170. The van der Waals surface area contributed by atoms with Crippen LogP contribution in [0.1, 0.15) is 20.3 Å². The summed E-state index contributed by atoms with van der Waals surface area (Å²) in [5, 5.41) is 9.84. The van der Waals surface area contributed by atoms with Gasteiger partial charge in [0, 0.05) is 58.3 Å². The van der Waals surface area contributed by atoms with E-state index in [-0.39, 0.29) is 23.7 Å². The summed E-state index contributed by atoms with van der Waals surface area (Å²) in [6.45, 7) is 10.2.